The number of benzene rings is 2. The summed E-state index contributed by atoms with van der Waals surface area (Å²) in [5.41, 5.74) is -0.476. The predicted molar refractivity (Wildman–Crippen MR) is 87.1 cm³/mol. The minimum Gasteiger partial charge on any atom is -0.490 e. The lowest BCUT2D eigenvalue weighted by molar-refractivity contribution is -0.116. The largest absolute Gasteiger partial charge is 0.490 e. The molecular weight excluding hydrogens is 354 g/mol. The van der Waals surface area contributed by atoms with Gasteiger partial charge in [0.05, 0.1) is 17.1 Å². The highest BCUT2D eigenvalue weighted by molar-refractivity contribution is 7.92. The molecule has 6 nitrogen and oxygen atoms in total. The molecule has 3 rings (SSSR count). The van der Waals surface area contributed by atoms with Gasteiger partial charge in [-0.05, 0) is 30.3 Å². The zero-order chi connectivity index (χ0) is 18.2. The fraction of sp³-hybridized carbons (Fsp3) is 0.188. The Labute approximate surface area is 143 Å². The van der Waals surface area contributed by atoms with Crippen LogP contribution in [0.15, 0.2) is 41.3 Å². The van der Waals surface area contributed by atoms with Gasteiger partial charge in [0.25, 0.3) is 10.0 Å². The molecule has 1 N–H and O–H groups in total. The van der Waals surface area contributed by atoms with E-state index in [2.05, 4.69) is 0 Å². The molecule has 1 aliphatic heterocycles. The smallest absolute Gasteiger partial charge is 0.262 e. The zero-order valence-electron chi connectivity index (χ0n) is 13.1. The molecule has 1 aliphatic rings. The highest BCUT2D eigenvalue weighted by atomic mass is 32.2. The first kappa shape index (κ1) is 17.2. The fourth-order valence-electron chi connectivity index (χ4n) is 2.48. The number of para-hydroxylation sites is 1. The van der Waals surface area contributed by atoms with Crippen molar-refractivity contribution in [2.24, 2.45) is 0 Å². The zero-order valence-corrected chi connectivity index (χ0v) is 13.9. The number of hydrogen-bond acceptors (Lipinski definition) is 4. The van der Waals surface area contributed by atoms with Crippen LogP contribution in [-0.4, -0.2) is 27.5 Å². The van der Waals surface area contributed by atoms with Gasteiger partial charge in [0.2, 0.25) is 5.91 Å². The molecule has 0 aromatic heterocycles. The molecule has 0 saturated carbocycles. The van der Waals surface area contributed by atoms with Gasteiger partial charge >= 0.3 is 0 Å². The van der Waals surface area contributed by atoms with Gasteiger partial charge in [-0.15, -0.1) is 0 Å². The van der Waals surface area contributed by atoms with E-state index in [0.29, 0.717) is 5.75 Å². The van der Waals surface area contributed by atoms with E-state index in [9.17, 15) is 22.0 Å². The highest BCUT2D eigenvalue weighted by Crippen LogP contribution is 2.34. The van der Waals surface area contributed by atoms with Crippen LogP contribution in [0.25, 0.3) is 0 Å². The monoisotopic (exact) mass is 368 g/mol. The van der Waals surface area contributed by atoms with Crippen molar-refractivity contribution in [3.05, 3.63) is 48.0 Å². The average Bonchev–Trinajstić information content (AvgIpc) is 2.57. The Hall–Kier alpha value is -2.68. The molecule has 25 heavy (non-hydrogen) atoms. The van der Waals surface area contributed by atoms with Crippen LogP contribution >= 0.6 is 0 Å². The first-order chi connectivity index (χ1) is 11.8. The molecule has 1 heterocycles. The first-order valence-corrected chi connectivity index (χ1v) is 8.80. The van der Waals surface area contributed by atoms with E-state index in [-0.39, 0.29) is 29.6 Å². The van der Waals surface area contributed by atoms with Crippen molar-refractivity contribution in [2.45, 2.75) is 11.8 Å². The number of rotatable bonds is 3. The first-order valence-electron chi connectivity index (χ1n) is 7.31. The summed E-state index contributed by atoms with van der Waals surface area (Å²) in [6.07, 6.45) is 0. The fourth-order valence-corrected chi connectivity index (χ4v) is 3.58. The number of sulfonamides is 1. The van der Waals surface area contributed by atoms with E-state index in [1.54, 1.807) is 0 Å². The lowest BCUT2D eigenvalue weighted by atomic mass is 10.2. The van der Waals surface area contributed by atoms with E-state index in [0.717, 1.165) is 18.2 Å². The van der Waals surface area contributed by atoms with Crippen LogP contribution in [0.2, 0.25) is 0 Å². The summed E-state index contributed by atoms with van der Waals surface area (Å²) in [7, 11) is -4.26. The minimum atomic E-state index is -4.26. The summed E-state index contributed by atoms with van der Waals surface area (Å²) in [5.74, 6) is -1.98. The van der Waals surface area contributed by atoms with Gasteiger partial charge in [0, 0.05) is 6.92 Å². The van der Waals surface area contributed by atoms with Gasteiger partial charge in [-0.25, -0.2) is 17.2 Å². The molecule has 9 heteroatoms. The molecule has 0 bridgehead atoms. The molecule has 0 spiro atoms. The van der Waals surface area contributed by atoms with Crippen LogP contribution in [0, 0.1) is 11.6 Å². The van der Waals surface area contributed by atoms with Crippen LogP contribution in [0.4, 0.5) is 20.2 Å². The minimum absolute atomic E-state index is 0.245. The Bertz CT molecular complexity index is 927. The van der Waals surface area contributed by atoms with Crippen molar-refractivity contribution >= 4 is 27.3 Å². The summed E-state index contributed by atoms with van der Waals surface area (Å²) >= 11 is 0. The maximum absolute atomic E-state index is 13.7. The van der Waals surface area contributed by atoms with Crippen molar-refractivity contribution < 1.29 is 26.7 Å². The third kappa shape index (κ3) is 3.27. The average molecular weight is 368 g/mol. The molecule has 0 unspecified atom stereocenters. The number of amides is 1. The van der Waals surface area contributed by atoms with Gasteiger partial charge in [0.1, 0.15) is 29.7 Å². The quantitative estimate of drug-likeness (QED) is 0.903. The maximum Gasteiger partial charge on any atom is 0.262 e. The molecule has 0 atom stereocenters. The van der Waals surface area contributed by atoms with Gasteiger partial charge in [-0.1, -0.05) is 6.07 Å². The van der Waals surface area contributed by atoms with Crippen LogP contribution in [0.5, 0.6) is 5.75 Å². The number of fused-ring (bicyclic) bond motifs is 1. The van der Waals surface area contributed by atoms with Crippen LogP contribution in [-0.2, 0) is 14.8 Å². The van der Waals surface area contributed by atoms with E-state index in [1.165, 1.54) is 30.0 Å². The second-order valence-corrected chi connectivity index (χ2v) is 7.03. The molecule has 2 aromatic carbocycles. The standard InChI is InChI=1S/C16H14F2N2O4S/c1-10(21)20-7-8-24-15-6-5-11(9-14(15)20)25(22,23)19-16-12(17)3-2-4-13(16)18/h2-6,9,19H,7-8H2,1H3. The van der Waals surface area contributed by atoms with Crippen molar-refractivity contribution in [2.75, 3.05) is 22.8 Å². The number of nitrogens with zero attached hydrogens (tertiary/aromatic N) is 1. The molecule has 132 valence electrons. The molecule has 1 amide bonds. The second kappa shape index (κ2) is 6.32. The van der Waals surface area contributed by atoms with Gasteiger partial charge in [-0.2, -0.15) is 0 Å². The van der Waals surface area contributed by atoms with E-state index >= 15 is 0 Å². The van der Waals surface area contributed by atoms with Crippen LogP contribution in [0.1, 0.15) is 6.92 Å². The van der Waals surface area contributed by atoms with Crippen molar-refractivity contribution in [1.29, 1.82) is 0 Å². The van der Waals surface area contributed by atoms with Gasteiger partial charge in [0.15, 0.2) is 0 Å². The summed E-state index contributed by atoms with van der Waals surface area (Å²) in [6, 6.07) is 6.89. The maximum atomic E-state index is 13.7. The number of carbonyl (C=O) groups excluding carboxylic acids is 1. The third-order valence-corrected chi connectivity index (χ3v) is 5.03. The van der Waals surface area contributed by atoms with Crippen LogP contribution < -0.4 is 14.4 Å². The van der Waals surface area contributed by atoms with Crippen LogP contribution in [0.3, 0.4) is 0 Å². The molecular formula is C16H14F2N2O4S. The Balaban J connectivity index is 2.01. The number of hydrogen-bond donors (Lipinski definition) is 1. The number of ether oxygens (including phenoxy) is 1. The molecule has 0 saturated heterocycles. The lowest BCUT2D eigenvalue weighted by Gasteiger charge is -2.29. The number of nitrogens with one attached hydrogen (secondary N) is 1. The Morgan fingerprint density at radius 2 is 1.88 bits per heavy atom. The van der Waals surface area contributed by atoms with Crippen molar-refractivity contribution in [3.8, 4) is 5.75 Å². The Kier molecular flexibility index (Phi) is 4.34. The van der Waals surface area contributed by atoms with Crippen molar-refractivity contribution in [1.82, 2.24) is 0 Å². The third-order valence-electron chi connectivity index (χ3n) is 3.68. The lowest BCUT2D eigenvalue weighted by Crippen LogP contribution is -2.36. The number of carbonyl (C=O) groups is 1. The Morgan fingerprint density at radius 3 is 2.52 bits per heavy atom. The number of anilines is 2. The van der Waals surface area contributed by atoms with Gasteiger partial charge in [-0.3, -0.25) is 9.52 Å². The summed E-state index contributed by atoms with van der Waals surface area (Å²) in [6.45, 7) is 1.92. The summed E-state index contributed by atoms with van der Waals surface area (Å²) < 4.78 is 59.7. The molecule has 0 radical (unpaired) electrons. The van der Waals surface area contributed by atoms with E-state index in [1.807, 2.05) is 4.72 Å². The molecule has 0 aliphatic carbocycles. The SMILES string of the molecule is CC(=O)N1CCOc2ccc(S(=O)(=O)Nc3c(F)cccc3F)cc21. The normalized spacial score (nSPS) is 13.8. The second-order valence-electron chi connectivity index (χ2n) is 5.35. The summed E-state index contributed by atoms with van der Waals surface area (Å²) in [5, 5.41) is 0. The number of halogens is 2. The van der Waals surface area contributed by atoms with Gasteiger partial charge < -0.3 is 9.64 Å². The highest BCUT2D eigenvalue weighted by Gasteiger charge is 2.25. The van der Waals surface area contributed by atoms with E-state index < -0.39 is 27.3 Å². The van der Waals surface area contributed by atoms with E-state index in [4.69, 9.17) is 4.74 Å². The Morgan fingerprint density at radius 1 is 1.20 bits per heavy atom. The topological polar surface area (TPSA) is 75.7 Å². The van der Waals surface area contributed by atoms with Crippen molar-refractivity contribution in [3.63, 3.8) is 0 Å². The molecule has 0 fully saturated rings. The molecule has 2 aromatic rings. The summed E-state index contributed by atoms with van der Waals surface area (Å²) in [4.78, 5) is 12.8. The predicted octanol–water partition coefficient (Wildman–Crippen LogP) is 2.51.